The van der Waals surface area contributed by atoms with E-state index in [1.54, 1.807) is 4.90 Å². The van der Waals surface area contributed by atoms with Crippen LogP contribution >= 0.6 is 0 Å². The minimum absolute atomic E-state index is 0.102. The minimum Gasteiger partial charge on any atom is -0.481 e. The number of carboxylic acids is 1. The first-order valence-corrected chi connectivity index (χ1v) is 7.84. The van der Waals surface area contributed by atoms with Crippen LogP contribution in [0, 0.1) is 5.41 Å². The lowest BCUT2D eigenvalue weighted by atomic mass is 9.76. The van der Waals surface area contributed by atoms with E-state index in [1.165, 1.54) is 0 Å². The summed E-state index contributed by atoms with van der Waals surface area (Å²) in [5.41, 5.74) is -0.725. The molecule has 0 aliphatic carbocycles. The zero-order valence-corrected chi connectivity index (χ0v) is 12.4. The van der Waals surface area contributed by atoms with Gasteiger partial charge in [0.25, 0.3) is 0 Å². The summed E-state index contributed by atoms with van der Waals surface area (Å²) in [5.74, 6) is -0.639. The van der Waals surface area contributed by atoms with E-state index in [0.29, 0.717) is 25.9 Å². The molecule has 2 heterocycles. The Bertz CT molecular complexity index is 362. The Balaban J connectivity index is 2.04. The molecule has 2 atom stereocenters. The van der Waals surface area contributed by atoms with Crippen molar-refractivity contribution in [2.45, 2.75) is 57.9 Å². The molecule has 2 rings (SSSR count). The van der Waals surface area contributed by atoms with E-state index >= 15 is 0 Å². The van der Waals surface area contributed by atoms with Gasteiger partial charge in [-0.2, -0.15) is 0 Å². The number of carbonyl (C=O) groups is 2. The van der Waals surface area contributed by atoms with Crippen molar-refractivity contribution < 1.29 is 14.7 Å². The summed E-state index contributed by atoms with van der Waals surface area (Å²) in [6.07, 6.45) is 6.07. The van der Waals surface area contributed by atoms with Crippen molar-refractivity contribution in [1.82, 2.24) is 10.2 Å². The number of nitrogens with zero attached hydrogens (tertiary/aromatic N) is 1. The lowest BCUT2D eigenvalue weighted by Crippen LogP contribution is -2.55. The number of piperidine rings is 2. The SMILES string of the molecule is CCCC1(C(=O)O)CCCN(C(=O)[C@@H]2CCCCN2)C1. The first-order valence-electron chi connectivity index (χ1n) is 7.84. The molecular formula is C15H26N2O3. The number of carbonyl (C=O) groups excluding carboxylic acids is 1. The molecule has 2 saturated heterocycles. The second-order valence-corrected chi connectivity index (χ2v) is 6.20. The van der Waals surface area contributed by atoms with Crippen molar-refractivity contribution in [2.24, 2.45) is 5.41 Å². The Morgan fingerprint density at radius 1 is 1.35 bits per heavy atom. The number of amides is 1. The van der Waals surface area contributed by atoms with Gasteiger partial charge in [0.1, 0.15) is 0 Å². The summed E-state index contributed by atoms with van der Waals surface area (Å²) in [7, 11) is 0. The third kappa shape index (κ3) is 3.14. The highest BCUT2D eigenvalue weighted by Crippen LogP contribution is 2.35. The normalized spacial score (nSPS) is 31.1. The molecular weight excluding hydrogens is 256 g/mol. The molecule has 0 saturated carbocycles. The van der Waals surface area contributed by atoms with E-state index in [0.717, 1.165) is 38.6 Å². The molecule has 5 nitrogen and oxygen atoms in total. The smallest absolute Gasteiger partial charge is 0.311 e. The van der Waals surface area contributed by atoms with Crippen LogP contribution in [0.25, 0.3) is 0 Å². The van der Waals surface area contributed by atoms with Crippen molar-refractivity contribution >= 4 is 11.9 Å². The molecule has 2 aliphatic heterocycles. The molecule has 0 bridgehead atoms. The molecule has 2 N–H and O–H groups in total. The van der Waals surface area contributed by atoms with Gasteiger partial charge in [-0.25, -0.2) is 0 Å². The highest BCUT2D eigenvalue weighted by Gasteiger charge is 2.43. The largest absolute Gasteiger partial charge is 0.481 e. The van der Waals surface area contributed by atoms with Crippen LogP contribution in [0.2, 0.25) is 0 Å². The highest BCUT2D eigenvalue weighted by atomic mass is 16.4. The molecule has 0 radical (unpaired) electrons. The molecule has 20 heavy (non-hydrogen) atoms. The van der Waals surface area contributed by atoms with Gasteiger partial charge in [-0.05, 0) is 38.6 Å². The predicted octanol–water partition coefficient (Wildman–Crippen LogP) is 1.62. The number of carboxylic acid groups (broad SMARTS) is 1. The fourth-order valence-corrected chi connectivity index (χ4v) is 3.57. The van der Waals surface area contributed by atoms with Crippen LogP contribution in [0.1, 0.15) is 51.9 Å². The van der Waals surface area contributed by atoms with Gasteiger partial charge in [0.15, 0.2) is 0 Å². The summed E-state index contributed by atoms with van der Waals surface area (Å²) in [6, 6.07) is -0.102. The molecule has 2 fully saturated rings. The highest BCUT2D eigenvalue weighted by molar-refractivity contribution is 5.83. The number of hydrogen-bond donors (Lipinski definition) is 2. The van der Waals surface area contributed by atoms with Gasteiger partial charge in [0.2, 0.25) is 5.91 Å². The molecule has 1 amide bonds. The molecule has 5 heteroatoms. The summed E-state index contributed by atoms with van der Waals surface area (Å²) < 4.78 is 0. The molecule has 0 aromatic carbocycles. The maximum Gasteiger partial charge on any atom is 0.311 e. The second kappa shape index (κ2) is 6.57. The Kier molecular flexibility index (Phi) is 5.02. The average Bonchev–Trinajstić information content (AvgIpc) is 2.48. The minimum atomic E-state index is -0.742. The summed E-state index contributed by atoms with van der Waals surface area (Å²) >= 11 is 0. The monoisotopic (exact) mass is 282 g/mol. The zero-order valence-electron chi connectivity index (χ0n) is 12.4. The third-order valence-electron chi connectivity index (χ3n) is 4.68. The molecule has 0 spiro atoms. The van der Waals surface area contributed by atoms with E-state index in [9.17, 15) is 14.7 Å². The van der Waals surface area contributed by atoms with Crippen LogP contribution in [0.3, 0.4) is 0 Å². The lowest BCUT2D eigenvalue weighted by molar-refractivity contribution is -0.156. The van der Waals surface area contributed by atoms with E-state index in [4.69, 9.17) is 0 Å². The molecule has 114 valence electrons. The standard InChI is InChI=1S/C15H26N2O3/c1-2-7-15(14(19)20)8-5-10-17(11-15)13(18)12-6-3-4-9-16-12/h12,16H,2-11H2,1H3,(H,19,20)/t12-,15?/m0/s1. The van der Waals surface area contributed by atoms with Crippen molar-refractivity contribution in [3.8, 4) is 0 Å². The van der Waals surface area contributed by atoms with Crippen LogP contribution in [-0.2, 0) is 9.59 Å². The molecule has 0 aromatic heterocycles. The summed E-state index contributed by atoms with van der Waals surface area (Å²) in [4.78, 5) is 26.0. The van der Waals surface area contributed by atoms with Crippen molar-refractivity contribution in [3.63, 3.8) is 0 Å². The van der Waals surface area contributed by atoms with Crippen molar-refractivity contribution in [1.29, 1.82) is 0 Å². The molecule has 1 unspecified atom stereocenters. The fourth-order valence-electron chi connectivity index (χ4n) is 3.57. The number of rotatable bonds is 4. The third-order valence-corrected chi connectivity index (χ3v) is 4.68. The predicted molar refractivity (Wildman–Crippen MR) is 76.4 cm³/mol. The summed E-state index contributed by atoms with van der Waals surface area (Å²) in [6.45, 7) is 3.99. The van der Waals surface area contributed by atoms with Crippen LogP contribution in [0.5, 0.6) is 0 Å². The molecule has 2 aliphatic rings. The topological polar surface area (TPSA) is 69.6 Å². The Labute approximate surface area is 120 Å². The van der Waals surface area contributed by atoms with Crippen molar-refractivity contribution in [3.05, 3.63) is 0 Å². The van der Waals surface area contributed by atoms with Crippen LogP contribution in [0.4, 0.5) is 0 Å². The Hall–Kier alpha value is -1.10. The maximum absolute atomic E-state index is 12.5. The zero-order chi connectivity index (χ0) is 14.6. The van der Waals surface area contributed by atoms with Gasteiger partial charge in [0.05, 0.1) is 11.5 Å². The Morgan fingerprint density at radius 3 is 2.75 bits per heavy atom. The maximum atomic E-state index is 12.5. The van der Waals surface area contributed by atoms with Gasteiger partial charge in [0, 0.05) is 13.1 Å². The van der Waals surface area contributed by atoms with E-state index in [-0.39, 0.29) is 11.9 Å². The number of hydrogen-bond acceptors (Lipinski definition) is 3. The van der Waals surface area contributed by atoms with E-state index in [2.05, 4.69) is 5.32 Å². The van der Waals surface area contributed by atoms with E-state index < -0.39 is 11.4 Å². The van der Waals surface area contributed by atoms with Crippen molar-refractivity contribution in [2.75, 3.05) is 19.6 Å². The number of nitrogens with one attached hydrogen (secondary N) is 1. The number of likely N-dealkylation sites (tertiary alicyclic amines) is 1. The quantitative estimate of drug-likeness (QED) is 0.822. The van der Waals surface area contributed by atoms with Crippen LogP contribution in [0.15, 0.2) is 0 Å². The first-order chi connectivity index (χ1) is 9.59. The van der Waals surface area contributed by atoms with Gasteiger partial charge in [-0.15, -0.1) is 0 Å². The lowest BCUT2D eigenvalue weighted by Gasteiger charge is -2.41. The average molecular weight is 282 g/mol. The Morgan fingerprint density at radius 2 is 2.15 bits per heavy atom. The molecule has 0 aromatic rings. The van der Waals surface area contributed by atoms with Crippen LogP contribution < -0.4 is 5.32 Å². The summed E-state index contributed by atoms with van der Waals surface area (Å²) in [5, 5.41) is 12.8. The first kappa shape index (κ1) is 15.3. The number of aliphatic carboxylic acids is 1. The van der Waals surface area contributed by atoms with Gasteiger partial charge >= 0.3 is 5.97 Å². The van der Waals surface area contributed by atoms with Gasteiger partial charge < -0.3 is 15.3 Å². The fraction of sp³-hybridized carbons (Fsp3) is 0.867. The van der Waals surface area contributed by atoms with Gasteiger partial charge in [-0.1, -0.05) is 19.8 Å². The van der Waals surface area contributed by atoms with E-state index in [1.807, 2.05) is 6.92 Å². The van der Waals surface area contributed by atoms with Crippen LogP contribution in [-0.4, -0.2) is 47.6 Å². The van der Waals surface area contributed by atoms with Gasteiger partial charge in [-0.3, -0.25) is 9.59 Å². The second-order valence-electron chi connectivity index (χ2n) is 6.20.